The third-order valence-electron chi connectivity index (χ3n) is 4.56. The summed E-state index contributed by atoms with van der Waals surface area (Å²) in [5.41, 5.74) is 1.05. The summed E-state index contributed by atoms with van der Waals surface area (Å²) in [5, 5.41) is 12.7. The number of fused-ring (bicyclic) bond motifs is 1. The van der Waals surface area contributed by atoms with Gasteiger partial charge in [0.1, 0.15) is 23.2 Å². The van der Waals surface area contributed by atoms with Crippen molar-refractivity contribution >= 4 is 22.8 Å². The van der Waals surface area contributed by atoms with E-state index in [2.05, 4.69) is 5.32 Å². The number of hydrogen-bond donors (Lipinski definition) is 2. The molecule has 2 rings (SSSR count). The zero-order chi connectivity index (χ0) is 18.7. The van der Waals surface area contributed by atoms with Crippen LogP contribution in [0.1, 0.15) is 30.8 Å². The first kappa shape index (κ1) is 18.6. The van der Waals surface area contributed by atoms with Crippen LogP contribution in [0.4, 0.5) is 0 Å². The lowest BCUT2D eigenvalue weighted by Crippen LogP contribution is -2.45. The minimum Gasteiger partial charge on any atom is -0.496 e. The number of hydrogen-bond acceptors (Lipinski definition) is 4. The average molecular weight is 348 g/mol. The molecule has 0 bridgehead atoms. The number of benzene rings is 1. The van der Waals surface area contributed by atoms with Crippen molar-refractivity contribution in [3.63, 3.8) is 0 Å². The summed E-state index contributed by atoms with van der Waals surface area (Å²) in [4.78, 5) is 24.2. The smallest absolute Gasteiger partial charge is 0.326 e. The van der Waals surface area contributed by atoms with E-state index in [0.717, 1.165) is 5.39 Å². The zero-order valence-corrected chi connectivity index (χ0v) is 15.1. The Hall–Kier alpha value is -2.70. The molecule has 0 saturated carbocycles. The van der Waals surface area contributed by atoms with Crippen LogP contribution in [0.2, 0.25) is 0 Å². The number of rotatable bonds is 7. The monoisotopic (exact) mass is 348 g/mol. The van der Waals surface area contributed by atoms with E-state index >= 15 is 0 Å². The molecule has 7 nitrogen and oxygen atoms in total. The Labute approximate surface area is 146 Å². The van der Waals surface area contributed by atoms with Crippen LogP contribution < -0.4 is 14.8 Å². The van der Waals surface area contributed by atoms with Crippen molar-refractivity contribution in [1.29, 1.82) is 0 Å². The molecule has 0 aliphatic heterocycles. The molecule has 0 fully saturated rings. The molecule has 7 heteroatoms. The molecule has 2 atom stereocenters. The number of methoxy groups -OCH3 is 2. The first-order valence-corrected chi connectivity index (χ1v) is 8.09. The summed E-state index contributed by atoms with van der Waals surface area (Å²) >= 11 is 0. The van der Waals surface area contributed by atoms with Crippen molar-refractivity contribution in [2.45, 2.75) is 26.3 Å². The third kappa shape index (κ3) is 3.40. The van der Waals surface area contributed by atoms with Crippen molar-refractivity contribution < 1.29 is 24.2 Å². The number of aromatic nitrogens is 1. The molecule has 1 aromatic heterocycles. The summed E-state index contributed by atoms with van der Waals surface area (Å²) in [6.45, 7) is 3.69. The Morgan fingerprint density at radius 1 is 1.24 bits per heavy atom. The molecule has 1 amide bonds. The SMILES string of the molecule is CCC(C)C(NC(=O)c1cc2c(OC)ccc(OC)c2n1C)C(=O)O. The maximum absolute atomic E-state index is 12.7. The number of carboxylic acids is 1. The van der Waals surface area contributed by atoms with E-state index in [1.165, 1.54) is 0 Å². The Morgan fingerprint density at radius 2 is 1.84 bits per heavy atom. The van der Waals surface area contributed by atoms with Crippen molar-refractivity contribution in [2.75, 3.05) is 14.2 Å². The van der Waals surface area contributed by atoms with Gasteiger partial charge in [0.05, 0.1) is 19.7 Å². The Balaban J connectivity index is 2.48. The largest absolute Gasteiger partial charge is 0.496 e. The summed E-state index contributed by atoms with van der Waals surface area (Å²) in [6, 6.07) is 4.27. The fourth-order valence-corrected chi connectivity index (χ4v) is 2.87. The van der Waals surface area contributed by atoms with Crippen molar-refractivity contribution in [3.8, 4) is 11.5 Å². The van der Waals surface area contributed by atoms with E-state index < -0.39 is 17.9 Å². The Bertz CT molecular complexity index is 796. The van der Waals surface area contributed by atoms with Crippen LogP contribution in [0.15, 0.2) is 18.2 Å². The second-order valence-corrected chi connectivity index (χ2v) is 6.00. The lowest BCUT2D eigenvalue weighted by molar-refractivity contribution is -0.140. The lowest BCUT2D eigenvalue weighted by Gasteiger charge is -2.20. The summed E-state index contributed by atoms with van der Waals surface area (Å²) in [7, 11) is 4.84. The minimum absolute atomic E-state index is 0.180. The van der Waals surface area contributed by atoms with Crippen molar-refractivity contribution in [2.24, 2.45) is 13.0 Å². The second kappa shape index (κ2) is 7.46. The summed E-state index contributed by atoms with van der Waals surface area (Å²) in [5.74, 6) is -0.455. The van der Waals surface area contributed by atoms with E-state index in [-0.39, 0.29) is 5.92 Å². The molecule has 0 aliphatic rings. The van der Waals surface area contributed by atoms with Gasteiger partial charge in [-0.3, -0.25) is 4.79 Å². The van der Waals surface area contributed by atoms with Gasteiger partial charge < -0.3 is 24.5 Å². The molecule has 1 aromatic carbocycles. The fourth-order valence-electron chi connectivity index (χ4n) is 2.87. The van der Waals surface area contributed by atoms with Crippen LogP contribution in [0, 0.1) is 5.92 Å². The van der Waals surface area contributed by atoms with Crippen LogP contribution in [-0.4, -0.2) is 41.8 Å². The molecular formula is C18H24N2O5. The maximum Gasteiger partial charge on any atom is 0.326 e. The predicted molar refractivity (Wildman–Crippen MR) is 94.4 cm³/mol. The molecule has 0 radical (unpaired) electrons. The van der Waals surface area contributed by atoms with E-state index in [0.29, 0.717) is 29.1 Å². The third-order valence-corrected chi connectivity index (χ3v) is 4.56. The van der Waals surface area contributed by atoms with Gasteiger partial charge in [0, 0.05) is 12.4 Å². The van der Waals surface area contributed by atoms with Crippen LogP contribution in [0.3, 0.4) is 0 Å². The highest BCUT2D eigenvalue weighted by molar-refractivity contribution is 6.03. The van der Waals surface area contributed by atoms with Gasteiger partial charge in [-0.2, -0.15) is 0 Å². The topological polar surface area (TPSA) is 89.8 Å². The quantitative estimate of drug-likeness (QED) is 0.802. The standard InChI is InChI=1S/C18H24N2O5/c1-6-10(2)15(18(22)23)19-17(21)12-9-11-13(24-4)7-8-14(25-5)16(11)20(12)3/h7-10,15H,6H2,1-5H3,(H,19,21)(H,22,23). The number of nitrogens with zero attached hydrogens (tertiary/aromatic N) is 1. The van der Waals surface area contributed by atoms with E-state index in [1.54, 1.807) is 51.0 Å². The van der Waals surface area contributed by atoms with Crippen LogP contribution >= 0.6 is 0 Å². The van der Waals surface area contributed by atoms with Gasteiger partial charge in [0.25, 0.3) is 5.91 Å². The molecule has 25 heavy (non-hydrogen) atoms. The number of aryl methyl sites for hydroxylation is 1. The van der Waals surface area contributed by atoms with Gasteiger partial charge in [-0.05, 0) is 24.1 Å². The van der Waals surface area contributed by atoms with Gasteiger partial charge in [-0.15, -0.1) is 0 Å². The van der Waals surface area contributed by atoms with E-state index in [1.807, 2.05) is 6.92 Å². The molecule has 1 heterocycles. The predicted octanol–water partition coefficient (Wildman–Crippen LogP) is 2.42. The number of amides is 1. The highest BCUT2D eigenvalue weighted by Crippen LogP contribution is 2.35. The van der Waals surface area contributed by atoms with Gasteiger partial charge in [0.15, 0.2) is 0 Å². The van der Waals surface area contributed by atoms with Crippen molar-refractivity contribution in [1.82, 2.24) is 9.88 Å². The zero-order valence-electron chi connectivity index (χ0n) is 15.1. The number of carboxylic acid groups (broad SMARTS) is 1. The second-order valence-electron chi connectivity index (χ2n) is 6.00. The molecule has 0 spiro atoms. The van der Waals surface area contributed by atoms with Gasteiger partial charge in [-0.1, -0.05) is 20.3 Å². The maximum atomic E-state index is 12.7. The minimum atomic E-state index is -1.04. The molecule has 0 aliphatic carbocycles. The van der Waals surface area contributed by atoms with Crippen LogP contribution in [0.25, 0.3) is 10.9 Å². The molecule has 2 N–H and O–H groups in total. The molecular weight excluding hydrogens is 324 g/mol. The number of aliphatic carboxylic acids is 1. The van der Waals surface area contributed by atoms with Gasteiger partial charge in [-0.25, -0.2) is 4.79 Å². The lowest BCUT2D eigenvalue weighted by atomic mass is 9.99. The Kier molecular flexibility index (Phi) is 5.56. The molecule has 0 saturated heterocycles. The highest BCUT2D eigenvalue weighted by atomic mass is 16.5. The number of carbonyl (C=O) groups excluding carboxylic acids is 1. The van der Waals surface area contributed by atoms with Crippen LogP contribution in [0.5, 0.6) is 11.5 Å². The van der Waals surface area contributed by atoms with E-state index in [9.17, 15) is 14.7 Å². The summed E-state index contributed by atoms with van der Waals surface area (Å²) < 4.78 is 12.4. The number of carbonyl (C=O) groups is 2. The van der Waals surface area contributed by atoms with Gasteiger partial charge >= 0.3 is 5.97 Å². The molecule has 2 unspecified atom stereocenters. The van der Waals surface area contributed by atoms with Gasteiger partial charge in [0.2, 0.25) is 0 Å². The Morgan fingerprint density at radius 3 is 2.36 bits per heavy atom. The fraction of sp³-hybridized carbons (Fsp3) is 0.444. The average Bonchev–Trinajstić information content (AvgIpc) is 2.95. The first-order chi connectivity index (χ1) is 11.8. The highest BCUT2D eigenvalue weighted by Gasteiger charge is 2.27. The molecule has 136 valence electrons. The first-order valence-electron chi connectivity index (χ1n) is 8.09. The molecule has 2 aromatic rings. The normalized spacial score (nSPS) is 13.3. The van der Waals surface area contributed by atoms with Crippen molar-refractivity contribution in [3.05, 3.63) is 23.9 Å². The van der Waals surface area contributed by atoms with E-state index in [4.69, 9.17) is 9.47 Å². The van der Waals surface area contributed by atoms with Crippen LogP contribution in [-0.2, 0) is 11.8 Å². The summed E-state index contributed by atoms with van der Waals surface area (Å²) in [6.07, 6.45) is 0.647. The number of nitrogens with one attached hydrogen (secondary N) is 1. The number of ether oxygens (including phenoxy) is 2.